The van der Waals surface area contributed by atoms with Gasteiger partial charge in [0.15, 0.2) is 0 Å². The summed E-state index contributed by atoms with van der Waals surface area (Å²) in [5, 5.41) is 3.40. The van der Waals surface area contributed by atoms with Gasteiger partial charge in [-0.15, -0.1) is 0 Å². The number of amides is 1. The minimum atomic E-state index is -0.345. The standard InChI is InChI=1S/C25H36ClFN2O4/c26-23-17-19(27)3-6-24(23)32-21-8-13-29(14-9-21)12-7-18-1-4-20(5-2-18)28-25(30)33-22-10-15-31-16-11-22/h3,6,17-18,20-22H,1-2,4-5,7-16H2,(H,28,30). The lowest BCUT2D eigenvalue weighted by Gasteiger charge is -2.34. The van der Waals surface area contributed by atoms with Gasteiger partial charge in [0.25, 0.3) is 0 Å². The molecular formula is C25H36ClFN2O4. The summed E-state index contributed by atoms with van der Waals surface area (Å²) in [6, 6.07) is 4.53. The molecule has 1 N–H and O–H groups in total. The number of alkyl carbamates (subject to hydrolysis) is 1. The molecule has 2 heterocycles. The Labute approximate surface area is 201 Å². The molecule has 33 heavy (non-hydrogen) atoms. The van der Waals surface area contributed by atoms with Crippen LogP contribution in [0.5, 0.6) is 5.75 Å². The van der Waals surface area contributed by atoms with Crippen molar-refractivity contribution in [2.24, 2.45) is 5.92 Å². The minimum absolute atomic E-state index is 0.00249. The van der Waals surface area contributed by atoms with Gasteiger partial charge in [-0.05, 0) is 75.6 Å². The highest BCUT2D eigenvalue weighted by atomic mass is 35.5. The number of hydrogen-bond donors (Lipinski definition) is 1. The Bertz CT molecular complexity index is 761. The quantitative estimate of drug-likeness (QED) is 0.580. The molecule has 0 unspecified atom stereocenters. The van der Waals surface area contributed by atoms with Crippen LogP contribution in [0.2, 0.25) is 5.02 Å². The molecule has 6 nitrogen and oxygen atoms in total. The highest BCUT2D eigenvalue weighted by molar-refractivity contribution is 6.32. The first-order chi connectivity index (χ1) is 16.0. The van der Waals surface area contributed by atoms with Crippen molar-refractivity contribution < 1.29 is 23.4 Å². The molecular weight excluding hydrogens is 447 g/mol. The summed E-state index contributed by atoms with van der Waals surface area (Å²) in [5.41, 5.74) is 0. The molecule has 8 heteroatoms. The van der Waals surface area contributed by atoms with E-state index in [4.69, 9.17) is 25.8 Å². The number of likely N-dealkylation sites (tertiary alicyclic amines) is 1. The van der Waals surface area contributed by atoms with E-state index in [1.807, 2.05) is 0 Å². The second-order valence-corrected chi connectivity index (χ2v) is 10.0. The van der Waals surface area contributed by atoms with Gasteiger partial charge in [-0.25, -0.2) is 9.18 Å². The van der Waals surface area contributed by atoms with Gasteiger partial charge in [-0.2, -0.15) is 0 Å². The second-order valence-electron chi connectivity index (χ2n) is 9.60. The fourth-order valence-electron chi connectivity index (χ4n) is 5.11. The fourth-order valence-corrected chi connectivity index (χ4v) is 5.32. The Kier molecular flexibility index (Phi) is 9.10. The molecule has 1 aliphatic carbocycles. The van der Waals surface area contributed by atoms with Crippen molar-refractivity contribution in [1.82, 2.24) is 10.2 Å². The lowest BCUT2D eigenvalue weighted by Crippen LogP contribution is -2.41. The molecule has 4 rings (SSSR count). The molecule has 0 aromatic heterocycles. The van der Waals surface area contributed by atoms with Crippen LogP contribution in [0.1, 0.15) is 57.8 Å². The molecule has 1 aromatic rings. The minimum Gasteiger partial charge on any atom is -0.489 e. The smallest absolute Gasteiger partial charge is 0.407 e. The Morgan fingerprint density at radius 3 is 2.48 bits per heavy atom. The van der Waals surface area contributed by atoms with Crippen LogP contribution in [0.15, 0.2) is 18.2 Å². The summed E-state index contributed by atoms with van der Waals surface area (Å²) in [5.74, 6) is 0.946. The topological polar surface area (TPSA) is 60.0 Å². The summed E-state index contributed by atoms with van der Waals surface area (Å²) in [6.07, 6.45) is 8.95. The van der Waals surface area contributed by atoms with Crippen LogP contribution in [0.25, 0.3) is 0 Å². The van der Waals surface area contributed by atoms with Gasteiger partial charge in [0.05, 0.1) is 18.2 Å². The van der Waals surface area contributed by atoms with Crippen molar-refractivity contribution in [3.63, 3.8) is 0 Å². The zero-order valence-corrected chi connectivity index (χ0v) is 20.0. The number of carbonyl (C=O) groups is 1. The lowest BCUT2D eigenvalue weighted by molar-refractivity contribution is 0.000257. The van der Waals surface area contributed by atoms with E-state index in [0.29, 0.717) is 24.0 Å². The predicted octanol–water partition coefficient (Wildman–Crippen LogP) is 5.18. The molecule has 3 aliphatic rings. The lowest BCUT2D eigenvalue weighted by atomic mass is 9.84. The molecule has 184 valence electrons. The van der Waals surface area contributed by atoms with Crippen LogP contribution in [-0.4, -0.2) is 62.1 Å². The number of ether oxygens (including phenoxy) is 3. The average molecular weight is 483 g/mol. The summed E-state index contributed by atoms with van der Waals surface area (Å²) < 4.78 is 30.0. The predicted molar refractivity (Wildman–Crippen MR) is 125 cm³/mol. The second kappa shape index (κ2) is 12.2. The van der Waals surface area contributed by atoms with Gasteiger partial charge < -0.3 is 24.4 Å². The van der Waals surface area contributed by atoms with Crippen LogP contribution in [0.3, 0.4) is 0 Å². The van der Waals surface area contributed by atoms with E-state index < -0.39 is 0 Å². The van der Waals surface area contributed by atoms with Crippen LogP contribution in [0, 0.1) is 11.7 Å². The summed E-state index contributed by atoms with van der Waals surface area (Å²) >= 11 is 6.08. The zero-order valence-electron chi connectivity index (χ0n) is 19.3. The van der Waals surface area contributed by atoms with Crippen molar-refractivity contribution in [2.75, 3.05) is 32.8 Å². The maximum atomic E-state index is 13.2. The molecule has 0 spiro atoms. The summed E-state index contributed by atoms with van der Waals surface area (Å²) in [7, 11) is 0. The Morgan fingerprint density at radius 1 is 1.06 bits per heavy atom. The first-order valence-electron chi connectivity index (χ1n) is 12.4. The number of piperidine rings is 1. The molecule has 0 radical (unpaired) electrons. The van der Waals surface area contributed by atoms with E-state index in [1.165, 1.54) is 18.6 Å². The van der Waals surface area contributed by atoms with Gasteiger partial charge in [0.1, 0.15) is 23.8 Å². The van der Waals surface area contributed by atoms with E-state index in [1.54, 1.807) is 6.07 Å². The number of benzene rings is 1. The molecule has 2 aliphatic heterocycles. The van der Waals surface area contributed by atoms with Gasteiger partial charge in [0.2, 0.25) is 0 Å². The number of nitrogens with zero attached hydrogens (tertiary/aromatic N) is 1. The van der Waals surface area contributed by atoms with Gasteiger partial charge in [0, 0.05) is 32.0 Å². The third-order valence-corrected chi connectivity index (χ3v) is 7.48. The first-order valence-corrected chi connectivity index (χ1v) is 12.8. The third kappa shape index (κ3) is 7.72. The largest absolute Gasteiger partial charge is 0.489 e. The van der Waals surface area contributed by atoms with Crippen LogP contribution in [0.4, 0.5) is 9.18 Å². The maximum Gasteiger partial charge on any atom is 0.407 e. The average Bonchev–Trinajstić information content (AvgIpc) is 2.82. The van der Waals surface area contributed by atoms with Crippen molar-refractivity contribution >= 4 is 17.7 Å². The number of halogens is 2. The molecule has 0 atom stereocenters. The van der Waals surface area contributed by atoms with E-state index in [9.17, 15) is 9.18 Å². The summed E-state index contributed by atoms with van der Waals surface area (Å²) in [6.45, 7) is 4.49. The summed E-state index contributed by atoms with van der Waals surface area (Å²) in [4.78, 5) is 14.7. The van der Waals surface area contributed by atoms with Crippen molar-refractivity contribution in [2.45, 2.75) is 76.0 Å². The van der Waals surface area contributed by atoms with Gasteiger partial charge in [-0.1, -0.05) is 11.6 Å². The Balaban J connectivity index is 1.08. The van der Waals surface area contributed by atoms with Crippen molar-refractivity contribution in [1.29, 1.82) is 0 Å². The highest BCUT2D eigenvalue weighted by Crippen LogP contribution is 2.30. The van der Waals surface area contributed by atoms with E-state index in [-0.39, 0.29) is 30.2 Å². The van der Waals surface area contributed by atoms with Gasteiger partial charge >= 0.3 is 6.09 Å². The molecule has 2 saturated heterocycles. The molecule has 1 aromatic carbocycles. The van der Waals surface area contributed by atoms with Crippen LogP contribution >= 0.6 is 11.6 Å². The molecule has 3 fully saturated rings. The Hall–Kier alpha value is -1.57. The molecule has 1 saturated carbocycles. The number of carbonyl (C=O) groups excluding carboxylic acids is 1. The molecule has 1 amide bonds. The first kappa shape index (κ1) is 24.6. The maximum absolute atomic E-state index is 13.2. The highest BCUT2D eigenvalue weighted by Gasteiger charge is 2.26. The number of nitrogens with one attached hydrogen (secondary N) is 1. The number of hydrogen-bond acceptors (Lipinski definition) is 5. The SMILES string of the molecule is O=C(NC1CCC(CCN2CCC(Oc3ccc(F)cc3Cl)CC2)CC1)OC1CCOCC1. The van der Waals surface area contributed by atoms with Crippen LogP contribution < -0.4 is 10.1 Å². The van der Waals surface area contributed by atoms with Gasteiger partial charge in [-0.3, -0.25) is 0 Å². The fraction of sp³-hybridized carbons (Fsp3) is 0.720. The molecule has 0 bridgehead atoms. The van der Waals surface area contributed by atoms with E-state index in [0.717, 1.165) is 76.9 Å². The van der Waals surface area contributed by atoms with Crippen molar-refractivity contribution in [3.8, 4) is 5.75 Å². The number of rotatable bonds is 7. The third-order valence-electron chi connectivity index (χ3n) is 7.19. The Morgan fingerprint density at radius 2 is 1.79 bits per heavy atom. The van der Waals surface area contributed by atoms with Crippen molar-refractivity contribution in [3.05, 3.63) is 29.0 Å². The monoisotopic (exact) mass is 482 g/mol. The van der Waals surface area contributed by atoms with E-state index in [2.05, 4.69) is 10.2 Å². The normalized spacial score (nSPS) is 25.5. The zero-order chi connectivity index (χ0) is 23.0. The van der Waals surface area contributed by atoms with E-state index >= 15 is 0 Å². The van der Waals surface area contributed by atoms with Crippen LogP contribution in [-0.2, 0) is 9.47 Å².